The van der Waals surface area contributed by atoms with Crippen LogP contribution in [0.25, 0.3) is 0 Å². The summed E-state index contributed by atoms with van der Waals surface area (Å²) < 4.78 is 5.50. The average Bonchev–Trinajstić information content (AvgIpc) is 2.66. The molecule has 0 radical (unpaired) electrons. The minimum atomic E-state index is -0.604. The summed E-state index contributed by atoms with van der Waals surface area (Å²) >= 11 is 0. The molecule has 2 aromatic rings. The maximum Gasteiger partial charge on any atom is 0.321 e. The standard InChI is InChI=1S/C19H21N3O5/c1-2-10-20-19(24)21-18(23)13-27-17-9-8-16(22(25)26)12-15(17)11-14-6-4-3-5-7-14/h3-9,12H,2,10-11,13H2,1H3,(H2,20,21,23,24). The Labute approximate surface area is 156 Å². The number of nitro benzene ring substituents is 1. The first-order valence-corrected chi connectivity index (χ1v) is 8.51. The summed E-state index contributed by atoms with van der Waals surface area (Å²) in [4.78, 5) is 33.9. The fraction of sp³-hybridized carbons (Fsp3) is 0.263. The molecule has 2 rings (SSSR count). The highest BCUT2D eigenvalue weighted by Gasteiger charge is 2.14. The quantitative estimate of drug-likeness (QED) is 0.547. The summed E-state index contributed by atoms with van der Waals surface area (Å²) in [5.74, 6) is -0.249. The van der Waals surface area contributed by atoms with Crippen molar-refractivity contribution in [2.45, 2.75) is 19.8 Å². The van der Waals surface area contributed by atoms with Crippen molar-refractivity contribution in [1.29, 1.82) is 0 Å². The number of nitro groups is 1. The number of carbonyl (C=O) groups excluding carboxylic acids is 2. The van der Waals surface area contributed by atoms with E-state index in [2.05, 4.69) is 10.6 Å². The Morgan fingerprint density at radius 3 is 2.56 bits per heavy atom. The molecule has 0 saturated heterocycles. The number of amides is 3. The molecule has 0 spiro atoms. The third kappa shape index (κ3) is 6.43. The third-order valence-corrected chi connectivity index (χ3v) is 3.64. The lowest BCUT2D eigenvalue weighted by Gasteiger charge is -2.12. The van der Waals surface area contributed by atoms with Crippen molar-refractivity contribution in [3.05, 3.63) is 69.8 Å². The van der Waals surface area contributed by atoms with Crippen molar-refractivity contribution >= 4 is 17.6 Å². The Morgan fingerprint density at radius 1 is 1.15 bits per heavy atom. The van der Waals surface area contributed by atoms with Crippen LogP contribution in [-0.2, 0) is 11.2 Å². The van der Waals surface area contributed by atoms with Crippen LogP contribution in [0.4, 0.5) is 10.5 Å². The number of urea groups is 1. The number of nitrogens with one attached hydrogen (secondary N) is 2. The minimum absolute atomic E-state index is 0.0586. The summed E-state index contributed by atoms with van der Waals surface area (Å²) in [5, 5.41) is 15.7. The van der Waals surface area contributed by atoms with Crippen LogP contribution < -0.4 is 15.4 Å². The van der Waals surface area contributed by atoms with Gasteiger partial charge in [0, 0.05) is 30.7 Å². The summed E-state index contributed by atoms with van der Waals surface area (Å²) in [6.07, 6.45) is 1.17. The first-order valence-electron chi connectivity index (χ1n) is 8.51. The number of carbonyl (C=O) groups is 2. The fourth-order valence-electron chi connectivity index (χ4n) is 2.36. The van der Waals surface area contributed by atoms with E-state index in [9.17, 15) is 19.7 Å². The topological polar surface area (TPSA) is 111 Å². The molecule has 8 nitrogen and oxygen atoms in total. The first kappa shape index (κ1) is 19.9. The number of nitrogens with zero attached hydrogens (tertiary/aromatic N) is 1. The van der Waals surface area contributed by atoms with Crippen LogP contribution in [0.1, 0.15) is 24.5 Å². The lowest BCUT2D eigenvalue weighted by Crippen LogP contribution is -2.41. The van der Waals surface area contributed by atoms with Crippen LogP contribution in [0.3, 0.4) is 0 Å². The van der Waals surface area contributed by atoms with Crippen LogP contribution >= 0.6 is 0 Å². The van der Waals surface area contributed by atoms with E-state index in [0.29, 0.717) is 24.3 Å². The number of ether oxygens (including phenoxy) is 1. The van der Waals surface area contributed by atoms with Gasteiger partial charge in [0.1, 0.15) is 5.75 Å². The van der Waals surface area contributed by atoms with Gasteiger partial charge in [0.05, 0.1) is 4.92 Å². The zero-order chi connectivity index (χ0) is 19.6. The molecule has 0 saturated carbocycles. The average molecular weight is 371 g/mol. The second-order valence-electron chi connectivity index (χ2n) is 5.80. The second kappa shape index (κ2) is 9.91. The van der Waals surface area contributed by atoms with E-state index in [1.54, 1.807) is 0 Å². The van der Waals surface area contributed by atoms with E-state index in [1.807, 2.05) is 37.3 Å². The molecule has 0 bridgehead atoms. The van der Waals surface area contributed by atoms with Gasteiger partial charge >= 0.3 is 6.03 Å². The lowest BCUT2D eigenvalue weighted by atomic mass is 10.0. The van der Waals surface area contributed by atoms with E-state index in [4.69, 9.17) is 4.74 Å². The molecular weight excluding hydrogens is 350 g/mol. The van der Waals surface area contributed by atoms with E-state index in [1.165, 1.54) is 18.2 Å². The minimum Gasteiger partial charge on any atom is -0.483 e. The molecule has 142 valence electrons. The van der Waals surface area contributed by atoms with Gasteiger partial charge in [-0.05, 0) is 18.1 Å². The largest absolute Gasteiger partial charge is 0.483 e. The monoisotopic (exact) mass is 371 g/mol. The predicted octanol–water partition coefficient (Wildman–Crippen LogP) is 2.80. The lowest BCUT2D eigenvalue weighted by molar-refractivity contribution is -0.384. The maximum absolute atomic E-state index is 11.8. The molecule has 8 heteroatoms. The zero-order valence-corrected chi connectivity index (χ0v) is 14.9. The van der Waals surface area contributed by atoms with Gasteiger partial charge in [0.2, 0.25) is 0 Å². The number of non-ortho nitro benzene ring substituents is 1. The summed E-state index contributed by atoms with van der Waals surface area (Å²) in [5.41, 5.74) is 1.47. The van der Waals surface area contributed by atoms with Gasteiger partial charge < -0.3 is 10.1 Å². The van der Waals surface area contributed by atoms with Crippen molar-refractivity contribution < 1.29 is 19.2 Å². The Morgan fingerprint density at radius 2 is 1.89 bits per heavy atom. The van der Waals surface area contributed by atoms with Crippen LogP contribution in [-0.4, -0.2) is 30.0 Å². The predicted molar refractivity (Wildman–Crippen MR) is 99.7 cm³/mol. The van der Waals surface area contributed by atoms with E-state index in [-0.39, 0.29) is 12.3 Å². The number of hydrogen-bond donors (Lipinski definition) is 2. The molecule has 27 heavy (non-hydrogen) atoms. The fourth-order valence-corrected chi connectivity index (χ4v) is 2.36. The van der Waals surface area contributed by atoms with E-state index >= 15 is 0 Å². The summed E-state index contributed by atoms with van der Waals surface area (Å²) in [6.45, 7) is 1.98. The normalized spacial score (nSPS) is 10.1. The molecule has 0 fully saturated rings. The molecule has 2 N–H and O–H groups in total. The van der Waals surface area contributed by atoms with Crippen molar-refractivity contribution in [3.63, 3.8) is 0 Å². The SMILES string of the molecule is CCCNC(=O)NC(=O)COc1ccc([N+](=O)[O-])cc1Cc1ccccc1. The summed E-state index contributed by atoms with van der Waals surface area (Å²) in [6, 6.07) is 13.0. The zero-order valence-electron chi connectivity index (χ0n) is 14.9. The smallest absolute Gasteiger partial charge is 0.321 e. The van der Waals surface area contributed by atoms with Crippen molar-refractivity contribution in [3.8, 4) is 5.75 Å². The van der Waals surface area contributed by atoms with Gasteiger partial charge in [-0.2, -0.15) is 0 Å². The highest BCUT2D eigenvalue weighted by Crippen LogP contribution is 2.26. The second-order valence-corrected chi connectivity index (χ2v) is 5.80. The molecule has 2 aromatic carbocycles. The number of imide groups is 1. The third-order valence-electron chi connectivity index (χ3n) is 3.64. The first-order chi connectivity index (χ1) is 13.0. The van der Waals surface area contributed by atoms with Gasteiger partial charge in [-0.15, -0.1) is 0 Å². The van der Waals surface area contributed by atoms with Crippen LogP contribution in [0.15, 0.2) is 48.5 Å². The molecule has 3 amide bonds. The van der Waals surface area contributed by atoms with Gasteiger partial charge in [0.25, 0.3) is 11.6 Å². The number of hydrogen-bond acceptors (Lipinski definition) is 5. The van der Waals surface area contributed by atoms with Crippen molar-refractivity contribution in [2.24, 2.45) is 0 Å². The highest BCUT2D eigenvalue weighted by molar-refractivity contribution is 5.95. The Hall–Kier alpha value is -3.42. The number of benzene rings is 2. The van der Waals surface area contributed by atoms with Crippen LogP contribution in [0.5, 0.6) is 5.75 Å². The summed E-state index contributed by atoms with van der Waals surface area (Å²) in [7, 11) is 0. The van der Waals surface area contributed by atoms with E-state index < -0.39 is 16.9 Å². The molecule has 0 heterocycles. The molecule has 0 unspecified atom stereocenters. The van der Waals surface area contributed by atoms with E-state index in [0.717, 1.165) is 12.0 Å². The van der Waals surface area contributed by atoms with Gasteiger partial charge in [-0.3, -0.25) is 20.2 Å². The van der Waals surface area contributed by atoms with Gasteiger partial charge in [-0.1, -0.05) is 37.3 Å². The maximum atomic E-state index is 11.8. The van der Waals surface area contributed by atoms with Crippen LogP contribution in [0.2, 0.25) is 0 Å². The Balaban J connectivity index is 2.07. The van der Waals surface area contributed by atoms with Crippen molar-refractivity contribution in [1.82, 2.24) is 10.6 Å². The molecule has 0 aliphatic heterocycles. The molecule has 0 aromatic heterocycles. The number of rotatable bonds is 8. The van der Waals surface area contributed by atoms with Gasteiger partial charge in [-0.25, -0.2) is 4.79 Å². The molecule has 0 aliphatic rings. The highest BCUT2D eigenvalue weighted by atomic mass is 16.6. The van der Waals surface area contributed by atoms with Gasteiger partial charge in [0.15, 0.2) is 6.61 Å². The molecule has 0 aliphatic carbocycles. The Kier molecular flexibility index (Phi) is 7.30. The molecular formula is C19H21N3O5. The van der Waals surface area contributed by atoms with Crippen LogP contribution in [0, 0.1) is 10.1 Å². The Bertz CT molecular complexity index is 808. The van der Waals surface area contributed by atoms with Crippen molar-refractivity contribution in [2.75, 3.05) is 13.2 Å². The molecule has 0 atom stereocenters.